The maximum atomic E-state index is 13.0. The highest BCUT2D eigenvalue weighted by Gasteiger charge is 2.27. The number of H-pyrrole nitrogens is 1. The minimum absolute atomic E-state index is 0.0282. The van der Waals surface area contributed by atoms with Crippen molar-refractivity contribution in [2.75, 3.05) is 18.6 Å². The minimum atomic E-state index is -0.0282. The lowest BCUT2D eigenvalue weighted by molar-refractivity contribution is 0.0990. The van der Waals surface area contributed by atoms with E-state index in [0.29, 0.717) is 12.1 Å². The van der Waals surface area contributed by atoms with E-state index in [0.717, 1.165) is 29.1 Å². The predicted molar refractivity (Wildman–Crippen MR) is 92.4 cm³/mol. The first kappa shape index (κ1) is 14.5. The van der Waals surface area contributed by atoms with Gasteiger partial charge in [0.15, 0.2) is 0 Å². The second-order valence-electron chi connectivity index (χ2n) is 5.72. The van der Waals surface area contributed by atoms with Crippen LogP contribution in [0.4, 0.5) is 5.69 Å². The van der Waals surface area contributed by atoms with Crippen molar-refractivity contribution in [2.24, 2.45) is 0 Å². The fraction of sp³-hybridized carbons (Fsp3) is 0.158. The zero-order valence-corrected chi connectivity index (χ0v) is 13.3. The largest absolute Gasteiger partial charge is 0.497 e. The van der Waals surface area contributed by atoms with Crippen LogP contribution in [-0.4, -0.2) is 29.8 Å². The molecule has 4 rings (SSSR count). The number of aromatic amines is 1. The lowest BCUT2D eigenvalue weighted by Crippen LogP contribution is -2.29. The van der Waals surface area contributed by atoms with Crippen molar-refractivity contribution < 1.29 is 9.53 Å². The summed E-state index contributed by atoms with van der Waals surface area (Å²) < 4.78 is 5.18. The van der Waals surface area contributed by atoms with Gasteiger partial charge in [-0.1, -0.05) is 18.2 Å². The van der Waals surface area contributed by atoms with Gasteiger partial charge in [0.2, 0.25) is 0 Å². The van der Waals surface area contributed by atoms with Crippen LogP contribution in [0.5, 0.6) is 5.75 Å². The number of hydrogen-bond donors (Lipinski definition) is 1. The fourth-order valence-electron chi connectivity index (χ4n) is 3.12. The molecule has 5 heteroatoms. The number of aromatic nitrogens is 2. The molecule has 0 unspecified atom stereocenters. The Labute approximate surface area is 139 Å². The highest BCUT2D eigenvalue weighted by molar-refractivity contribution is 6.10. The summed E-state index contributed by atoms with van der Waals surface area (Å²) >= 11 is 0. The number of rotatable bonds is 3. The molecule has 1 aromatic heterocycles. The van der Waals surface area contributed by atoms with E-state index in [2.05, 4.69) is 16.3 Å². The molecule has 0 bridgehead atoms. The predicted octanol–water partition coefficient (Wildman–Crippen LogP) is 3.29. The average Bonchev–Trinajstić information content (AvgIpc) is 3.28. The third-order valence-corrected chi connectivity index (χ3v) is 4.38. The molecule has 0 atom stereocenters. The normalized spacial score (nSPS) is 13.0. The second kappa shape index (κ2) is 5.85. The summed E-state index contributed by atoms with van der Waals surface area (Å²) in [5.74, 6) is 0.749. The first-order valence-corrected chi connectivity index (χ1v) is 7.85. The zero-order chi connectivity index (χ0) is 16.5. The number of carbonyl (C=O) groups excluding carboxylic acids is 1. The summed E-state index contributed by atoms with van der Waals surface area (Å²) in [6.45, 7) is 0.700. The van der Waals surface area contributed by atoms with Gasteiger partial charge in [-0.2, -0.15) is 5.10 Å². The van der Waals surface area contributed by atoms with Gasteiger partial charge in [-0.15, -0.1) is 0 Å². The number of para-hydroxylation sites is 1. The van der Waals surface area contributed by atoms with Gasteiger partial charge < -0.3 is 9.64 Å². The molecule has 2 heterocycles. The Morgan fingerprint density at radius 3 is 2.75 bits per heavy atom. The number of carbonyl (C=O) groups is 1. The Bertz CT molecular complexity index is 884. The van der Waals surface area contributed by atoms with E-state index in [4.69, 9.17) is 4.74 Å². The molecule has 5 nitrogen and oxygen atoms in total. The second-order valence-corrected chi connectivity index (χ2v) is 5.72. The number of ether oxygens (including phenoxy) is 1. The van der Waals surface area contributed by atoms with E-state index in [9.17, 15) is 4.79 Å². The Balaban J connectivity index is 1.68. The Morgan fingerprint density at radius 1 is 1.17 bits per heavy atom. The maximum absolute atomic E-state index is 13.0. The molecule has 0 spiro atoms. The van der Waals surface area contributed by atoms with E-state index in [1.807, 2.05) is 47.4 Å². The van der Waals surface area contributed by atoms with Crippen LogP contribution in [-0.2, 0) is 6.42 Å². The number of nitrogens with one attached hydrogen (secondary N) is 1. The Morgan fingerprint density at radius 2 is 1.96 bits per heavy atom. The average molecular weight is 319 g/mol. The van der Waals surface area contributed by atoms with Gasteiger partial charge in [0.25, 0.3) is 5.91 Å². The molecule has 120 valence electrons. The molecule has 0 saturated carbocycles. The third-order valence-electron chi connectivity index (χ3n) is 4.38. The van der Waals surface area contributed by atoms with Crippen LogP contribution in [0.3, 0.4) is 0 Å². The van der Waals surface area contributed by atoms with Crippen LogP contribution in [0.1, 0.15) is 15.9 Å². The quantitative estimate of drug-likeness (QED) is 0.806. The van der Waals surface area contributed by atoms with Crippen molar-refractivity contribution in [1.82, 2.24) is 10.2 Å². The number of amides is 1. The van der Waals surface area contributed by atoms with Gasteiger partial charge in [-0.3, -0.25) is 9.89 Å². The van der Waals surface area contributed by atoms with Crippen LogP contribution in [0, 0.1) is 0 Å². The van der Waals surface area contributed by atoms with Crippen molar-refractivity contribution in [3.8, 4) is 17.0 Å². The number of methoxy groups -OCH3 is 1. The van der Waals surface area contributed by atoms with Gasteiger partial charge in [0.05, 0.1) is 24.6 Å². The number of hydrogen-bond acceptors (Lipinski definition) is 3. The topological polar surface area (TPSA) is 58.2 Å². The summed E-state index contributed by atoms with van der Waals surface area (Å²) in [5.41, 5.74) is 4.41. The van der Waals surface area contributed by atoms with Crippen molar-refractivity contribution in [3.63, 3.8) is 0 Å². The van der Waals surface area contributed by atoms with E-state index in [1.54, 1.807) is 13.3 Å². The summed E-state index contributed by atoms with van der Waals surface area (Å²) in [7, 11) is 1.63. The molecular weight excluding hydrogens is 302 g/mol. The van der Waals surface area contributed by atoms with Gasteiger partial charge >= 0.3 is 0 Å². The highest BCUT2D eigenvalue weighted by Crippen LogP contribution is 2.31. The zero-order valence-electron chi connectivity index (χ0n) is 13.3. The van der Waals surface area contributed by atoms with Crippen molar-refractivity contribution >= 4 is 11.6 Å². The molecule has 0 aliphatic carbocycles. The number of anilines is 1. The molecule has 2 aromatic carbocycles. The van der Waals surface area contributed by atoms with Gasteiger partial charge in [0, 0.05) is 17.8 Å². The van der Waals surface area contributed by atoms with E-state index >= 15 is 0 Å². The number of benzene rings is 2. The Hall–Kier alpha value is -3.08. The first-order valence-electron chi connectivity index (χ1n) is 7.85. The van der Waals surface area contributed by atoms with Crippen molar-refractivity contribution in [2.45, 2.75) is 6.42 Å². The van der Waals surface area contributed by atoms with Crippen LogP contribution in [0.15, 0.2) is 54.7 Å². The van der Waals surface area contributed by atoms with E-state index < -0.39 is 0 Å². The molecule has 3 aromatic rings. The SMILES string of the molecule is COc1ccc(-c2[nH]ncc2C(=O)N2CCc3ccccc32)cc1. The molecule has 0 radical (unpaired) electrons. The van der Waals surface area contributed by atoms with Crippen LogP contribution in [0.2, 0.25) is 0 Å². The van der Waals surface area contributed by atoms with Gasteiger partial charge in [0.1, 0.15) is 5.75 Å². The molecule has 1 aliphatic heterocycles. The molecule has 1 N–H and O–H groups in total. The van der Waals surface area contributed by atoms with Gasteiger partial charge in [-0.05, 0) is 42.3 Å². The van der Waals surface area contributed by atoms with Crippen LogP contribution >= 0.6 is 0 Å². The maximum Gasteiger partial charge on any atom is 0.262 e. The number of fused-ring (bicyclic) bond motifs is 1. The van der Waals surface area contributed by atoms with Crippen LogP contribution in [0.25, 0.3) is 11.3 Å². The molecule has 24 heavy (non-hydrogen) atoms. The molecule has 1 amide bonds. The lowest BCUT2D eigenvalue weighted by Gasteiger charge is -2.17. The molecule has 0 fully saturated rings. The van der Waals surface area contributed by atoms with Gasteiger partial charge in [-0.25, -0.2) is 0 Å². The third kappa shape index (κ3) is 2.34. The van der Waals surface area contributed by atoms with E-state index in [1.165, 1.54) is 5.56 Å². The highest BCUT2D eigenvalue weighted by atomic mass is 16.5. The monoisotopic (exact) mass is 319 g/mol. The molecule has 1 aliphatic rings. The van der Waals surface area contributed by atoms with Crippen LogP contribution < -0.4 is 9.64 Å². The van der Waals surface area contributed by atoms with Crippen molar-refractivity contribution in [3.05, 3.63) is 65.9 Å². The smallest absolute Gasteiger partial charge is 0.262 e. The summed E-state index contributed by atoms with van der Waals surface area (Å²) in [6, 6.07) is 15.6. The first-order chi connectivity index (χ1) is 11.8. The lowest BCUT2D eigenvalue weighted by atomic mass is 10.1. The molecular formula is C19H17N3O2. The Kier molecular flexibility index (Phi) is 3.54. The molecule has 0 saturated heterocycles. The summed E-state index contributed by atoms with van der Waals surface area (Å²) in [6.07, 6.45) is 2.49. The minimum Gasteiger partial charge on any atom is -0.497 e. The fourth-order valence-corrected chi connectivity index (χ4v) is 3.12. The van der Waals surface area contributed by atoms with E-state index in [-0.39, 0.29) is 5.91 Å². The number of nitrogens with zero attached hydrogens (tertiary/aromatic N) is 2. The standard InChI is InChI=1S/C19H17N3O2/c1-24-15-8-6-14(7-9-15)18-16(12-20-21-18)19(23)22-11-10-13-4-2-3-5-17(13)22/h2-9,12H,10-11H2,1H3,(H,20,21). The van der Waals surface area contributed by atoms with Crippen molar-refractivity contribution in [1.29, 1.82) is 0 Å². The summed E-state index contributed by atoms with van der Waals surface area (Å²) in [4.78, 5) is 14.9. The summed E-state index contributed by atoms with van der Waals surface area (Å²) in [5, 5.41) is 7.04.